The Labute approximate surface area is 151 Å². The molecule has 0 radical (unpaired) electrons. The molecule has 1 aliphatic heterocycles. The first-order chi connectivity index (χ1) is 11.8. The molecule has 1 aromatic heterocycles. The lowest BCUT2D eigenvalue weighted by Gasteiger charge is -2.25. The van der Waals surface area contributed by atoms with E-state index in [2.05, 4.69) is 5.10 Å². The summed E-state index contributed by atoms with van der Waals surface area (Å²) in [7, 11) is -1.40. The average Bonchev–Trinajstić information content (AvgIpc) is 2.85. The van der Waals surface area contributed by atoms with E-state index in [0.29, 0.717) is 35.8 Å². The highest BCUT2D eigenvalue weighted by Gasteiger charge is 2.28. The Morgan fingerprint density at radius 1 is 1.36 bits per heavy atom. The number of benzene rings is 1. The molecule has 136 valence electrons. The van der Waals surface area contributed by atoms with Gasteiger partial charge in [-0.1, -0.05) is 17.7 Å². The first kappa shape index (κ1) is 18.3. The van der Waals surface area contributed by atoms with Crippen LogP contribution in [0.4, 0.5) is 4.39 Å². The van der Waals surface area contributed by atoms with Gasteiger partial charge in [0.05, 0.1) is 25.2 Å². The summed E-state index contributed by atoms with van der Waals surface area (Å²) in [5.41, 5.74) is 3.32. The van der Waals surface area contributed by atoms with Gasteiger partial charge in [-0.3, -0.25) is 4.68 Å². The van der Waals surface area contributed by atoms with Crippen LogP contribution in [0.15, 0.2) is 18.2 Å². The number of ether oxygens (including phenoxy) is 1. The summed E-state index contributed by atoms with van der Waals surface area (Å²) >= 11 is 5.99. The summed E-state index contributed by atoms with van der Waals surface area (Å²) in [6.07, 6.45) is 1.83. The topological polar surface area (TPSA) is 64.4 Å². The van der Waals surface area contributed by atoms with E-state index in [1.807, 2.05) is 7.05 Å². The second kappa shape index (κ2) is 7.03. The number of hydrogen-bond acceptors (Lipinski definition) is 4. The number of halogens is 2. The molecule has 0 amide bonds. The number of fused-ring (bicyclic) bond motifs is 1. The molecule has 0 aliphatic carbocycles. The number of rotatable bonds is 5. The van der Waals surface area contributed by atoms with Gasteiger partial charge in [-0.25, -0.2) is 12.8 Å². The van der Waals surface area contributed by atoms with Crippen LogP contribution in [-0.4, -0.2) is 35.3 Å². The summed E-state index contributed by atoms with van der Waals surface area (Å²) in [6, 6.07) is 4.15. The van der Waals surface area contributed by atoms with Crippen molar-refractivity contribution < 1.29 is 17.5 Å². The Hall–Kier alpha value is -1.48. The van der Waals surface area contributed by atoms with Crippen LogP contribution in [0.2, 0.25) is 5.02 Å². The zero-order valence-corrected chi connectivity index (χ0v) is 15.6. The van der Waals surface area contributed by atoms with Gasteiger partial charge in [0.15, 0.2) is 0 Å². The number of nitrogens with zero attached hydrogens (tertiary/aromatic N) is 3. The fraction of sp³-hybridized carbons (Fsp3) is 0.438. The number of aromatic nitrogens is 2. The number of aryl methyl sites for hydroxylation is 1. The highest BCUT2D eigenvalue weighted by molar-refractivity contribution is 7.88. The molecule has 0 atom stereocenters. The normalized spacial score (nSPS) is 15.4. The minimum Gasteiger partial charge on any atom is -0.370 e. The van der Waals surface area contributed by atoms with Gasteiger partial charge in [-0.2, -0.15) is 9.40 Å². The summed E-state index contributed by atoms with van der Waals surface area (Å²) in [5.74, 6) is -0.395. The molecule has 0 bridgehead atoms. The van der Waals surface area contributed by atoms with Crippen LogP contribution >= 0.6 is 11.6 Å². The van der Waals surface area contributed by atoms with Gasteiger partial charge in [0.25, 0.3) is 0 Å². The molecule has 25 heavy (non-hydrogen) atoms. The lowest BCUT2D eigenvalue weighted by atomic mass is 10.1. The van der Waals surface area contributed by atoms with Crippen LogP contribution in [0, 0.1) is 5.82 Å². The largest absolute Gasteiger partial charge is 0.370 e. The average molecular weight is 388 g/mol. The molecule has 2 heterocycles. The van der Waals surface area contributed by atoms with E-state index in [-0.39, 0.29) is 13.2 Å². The van der Waals surface area contributed by atoms with Crippen molar-refractivity contribution in [3.8, 4) is 0 Å². The SMILES string of the molecule is Cn1nc(COCc2ccc(F)cc2Cl)c2c1CCN(S(C)(=O)=O)C2. The van der Waals surface area contributed by atoms with Crippen molar-refractivity contribution in [1.29, 1.82) is 0 Å². The monoisotopic (exact) mass is 387 g/mol. The van der Waals surface area contributed by atoms with Gasteiger partial charge in [-0.05, 0) is 17.7 Å². The zero-order valence-electron chi connectivity index (χ0n) is 14.0. The molecule has 0 saturated heterocycles. The Kier molecular flexibility index (Phi) is 5.15. The number of hydrogen-bond donors (Lipinski definition) is 0. The first-order valence-corrected chi connectivity index (χ1v) is 9.98. The third-order valence-electron chi connectivity index (χ3n) is 4.27. The van der Waals surface area contributed by atoms with Gasteiger partial charge in [0, 0.05) is 42.8 Å². The lowest BCUT2D eigenvalue weighted by molar-refractivity contribution is 0.103. The van der Waals surface area contributed by atoms with Crippen molar-refractivity contribution >= 4 is 21.6 Å². The highest BCUT2D eigenvalue weighted by atomic mass is 35.5. The van der Waals surface area contributed by atoms with Gasteiger partial charge in [0.1, 0.15) is 5.82 Å². The van der Waals surface area contributed by atoms with Gasteiger partial charge >= 0.3 is 0 Å². The van der Waals surface area contributed by atoms with E-state index in [1.54, 1.807) is 10.7 Å². The molecule has 0 N–H and O–H groups in total. The molecule has 3 rings (SSSR count). The molecular weight excluding hydrogens is 369 g/mol. The second-order valence-electron chi connectivity index (χ2n) is 6.07. The maximum absolute atomic E-state index is 13.1. The highest BCUT2D eigenvalue weighted by Crippen LogP contribution is 2.25. The fourth-order valence-electron chi connectivity index (χ4n) is 2.94. The summed E-state index contributed by atoms with van der Waals surface area (Å²) in [5, 5.41) is 4.77. The van der Waals surface area contributed by atoms with E-state index in [1.165, 1.54) is 22.7 Å². The van der Waals surface area contributed by atoms with Crippen LogP contribution in [0.1, 0.15) is 22.5 Å². The van der Waals surface area contributed by atoms with Crippen LogP contribution in [0.3, 0.4) is 0 Å². The lowest BCUT2D eigenvalue weighted by Crippen LogP contribution is -2.35. The van der Waals surface area contributed by atoms with E-state index >= 15 is 0 Å². The van der Waals surface area contributed by atoms with Crippen molar-refractivity contribution in [3.05, 3.63) is 51.6 Å². The third kappa shape index (κ3) is 4.03. The third-order valence-corrected chi connectivity index (χ3v) is 5.87. The molecular formula is C16H19ClFN3O3S. The molecule has 6 nitrogen and oxygen atoms in total. The standard InChI is InChI=1S/C16H19ClFN3O3S/c1-20-16-5-6-21(25(2,22)23)8-13(16)15(19-20)10-24-9-11-3-4-12(18)7-14(11)17/h3-4,7H,5-6,8-10H2,1-2H3. The molecule has 0 spiro atoms. The zero-order chi connectivity index (χ0) is 18.2. The van der Waals surface area contributed by atoms with Crippen LogP contribution in [0.5, 0.6) is 0 Å². The van der Waals surface area contributed by atoms with Gasteiger partial charge < -0.3 is 4.74 Å². The molecule has 1 aromatic carbocycles. The molecule has 0 fully saturated rings. The van der Waals surface area contributed by atoms with E-state index in [9.17, 15) is 12.8 Å². The summed E-state index contributed by atoms with van der Waals surface area (Å²) < 4.78 is 45.6. The van der Waals surface area contributed by atoms with Crippen molar-refractivity contribution in [2.24, 2.45) is 7.05 Å². The van der Waals surface area contributed by atoms with Gasteiger partial charge in [0.2, 0.25) is 10.0 Å². The molecule has 0 saturated carbocycles. The molecule has 0 unspecified atom stereocenters. The molecule has 2 aromatic rings. The summed E-state index contributed by atoms with van der Waals surface area (Å²) in [6.45, 7) is 1.21. The maximum Gasteiger partial charge on any atom is 0.211 e. The predicted molar refractivity (Wildman–Crippen MR) is 92.1 cm³/mol. The van der Waals surface area contributed by atoms with Crippen molar-refractivity contribution in [1.82, 2.24) is 14.1 Å². The van der Waals surface area contributed by atoms with Crippen molar-refractivity contribution in [2.75, 3.05) is 12.8 Å². The Bertz CT molecular complexity index is 898. The Morgan fingerprint density at radius 3 is 2.80 bits per heavy atom. The molecule has 1 aliphatic rings. The van der Waals surface area contributed by atoms with E-state index < -0.39 is 15.8 Å². The van der Waals surface area contributed by atoms with E-state index in [4.69, 9.17) is 16.3 Å². The van der Waals surface area contributed by atoms with Crippen LogP contribution in [-0.2, 0) is 48.0 Å². The van der Waals surface area contributed by atoms with Crippen LogP contribution < -0.4 is 0 Å². The first-order valence-electron chi connectivity index (χ1n) is 7.76. The fourth-order valence-corrected chi connectivity index (χ4v) is 3.95. The summed E-state index contributed by atoms with van der Waals surface area (Å²) in [4.78, 5) is 0. The smallest absolute Gasteiger partial charge is 0.211 e. The number of sulfonamides is 1. The molecule has 9 heteroatoms. The quantitative estimate of drug-likeness (QED) is 0.789. The van der Waals surface area contributed by atoms with Gasteiger partial charge in [-0.15, -0.1) is 0 Å². The van der Waals surface area contributed by atoms with Crippen LogP contribution in [0.25, 0.3) is 0 Å². The second-order valence-corrected chi connectivity index (χ2v) is 8.46. The Morgan fingerprint density at radius 2 is 2.12 bits per heavy atom. The minimum atomic E-state index is -3.25. The Balaban J connectivity index is 1.72. The van der Waals surface area contributed by atoms with Crippen molar-refractivity contribution in [3.63, 3.8) is 0 Å². The minimum absolute atomic E-state index is 0.222. The maximum atomic E-state index is 13.1. The predicted octanol–water partition coefficient (Wildman–Crippen LogP) is 2.25. The van der Waals surface area contributed by atoms with E-state index in [0.717, 1.165) is 11.3 Å². The van der Waals surface area contributed by atoms with Crippen molar-refractivity contribution in [2.45, 2.75) is 26.2 Å².